The molecule has 0 fully saturated rings. The molecule has 0 aliphatic heterocycles. The van der Waals surface area contributed by atoms with Crippen molar-refractivity contribution >= 4 is 99.0 Å². The van der Waals surface area contributed by atoms with E-state index < -0.39 is 0 Å². The number of rotatable bonds is 13. The molecule has 592 valence electrons. The highest BCUT2D eigenvalue weighted by Gasteiger charge is 2.26. The maximum atomic E-state index is 6.67. The van der Waals surface area contributed by atoms with Crippen molar-refractivity contribution < 1.29 is 17.7 Å². The molecule has 0 saturated carbocycles. The van der Waals surface area contributed by atoms with Crippen molar-refractivity contribution in [3.63, 3.8) is 0 Å². The van der Waals surface area contributed by atoms with E-state index >= 15 is 0 Å². The minimum absolute atomic E-state index is 0.598. The lowest BCUT2D eigenvalue weighted by Gasteiger charge is -2.11. The highest BCUT2D eigenvalue weighted by molar-refractivity contribution is 6.19. The van der Waals surface area contributed by atoms with Gasteiger partial charge < -0.3 is 17.7 Å². The van der Waals surface area contributed by atoms with Gasteiger partial charge in [0.2, 0.25) is 5.89 Å². The molecule has 10 nitrogen and oxygen atoms in total. The Morgan fingerprint density at radius 1 is 0.198 bits per heavy atom. The normalized spacial score (nSPS) is 11.5. The van der Waals surface area contributed by atoms with Gasteiger partial charge >= 0.3 is 0 Å². The number of para-hydroxylation sites is 8. The number of hydrogen-bond acceptors (Lipinski definition) is 8. The predicted octanol–water partition coefficient (Wildman–Crippen LogP) is 31.3. The van der Waals surface area contributed by atoms with E-state index in [4.69, 9.17) is 37.6 Å². The van der Waals surface area contributed by atoms with Crippen molar-refractivity contribution in [2.45, 2.75) is 0 Å². The number of aromatic nitrogens is 6. The Kier molecular flexibility index (Phi) is 18.7. The molecule has 0 amide bonds. The molecule has 126 heavy (non-hydrogen) atoms. The molecule has 10 heteroatoms. The van der Waals surface area contributed by atoms with Crippen LogP contribution in [0.15, 0.2) is 467 Å². The molecule has 0 atom stereocenters. The van der Waals surface area contributed by atoms with Crippen LogP contribution in [0.3, 0.4) is 0 Å². The van der Waals surface area contributed by atoms with E-state index in [9.17, 15) is 0 Å². The SMILES string of the molecule is c1ccc(-c2cc(-c3ccccc3)c3oc4cccc(-c5ccc(-c6nc7ccccc7n6-c6ccccc6)cc5)c4c3c2)cc1.c1ccc(-c2cc(-c3ccccc3)c3oc4cccc(-c5ccc(-c6nc7ccccc7n6-c6ccccc6)nc5)c4c3c2)cc1.c1ccc(-c2cc(-c3ccccc3)c3oc4cccc(-c5nc6ccccc6o5)c4c3c2)cc1. The molecular weight excluding hydrogens is 1540 g/mol. The van der Waals surface area contributed by atoms with E-state index in [2.05, 4.69) is 349 Å². The van der Waals surface area contributed by atoms with Gasteiger partial charge in [-0.2, -0.15) is 0 Å². The van der Waals surface area contributed by atoms with Gasteiger partial charge in [-0.05, 0) is 194 Å². The van der Waals surface area contributed by atoms with Crippen LogP contribution < -0.4 is 0 Å². The number of furan rings is 3. The lowest BCUT2D eigenvalue weighted by Crippen LogP contribution is -1.98. The number of nitrogens with zero attached hydrogens (tertiary/aromatic N) is 6. The number of fused-ring (bicyclic) bond motifs is 12. The van der Waals surface area contributed by atoms with E-state index in [1.165, 1.54) is 16.7 Å². The zero-order chi connectivity index (χ0) is 83.4. The van der Waals surface area contributed by atoms with Crippen LogP contribution in [0, 0.1) is 0 Å². The first kappa shape index (κ1) is 74.0. The summed E-state index contributed by atoms with van der Waals surface area (Å²) in [6.07, 6.45) is 1.96. The molecule has 0 saturated heterocycles. The number of imidazole rings is 2. The molecule has 25 aromatic rings. The van der Waals surface area contributed by atoms with Crippen LogP contribution in [0.1, 0.15) is 0 Å². The molecule has 0 bridgehead atoms. The Labute approximate surface area is 724 Å². The number of oxazole rings is 1. The van der Waals surface area contributed by atoms with Crippen LogP contribution in [0.5, 0.6) is 0 Å². The van der Waals surface area contributed by atoms with E-state index in [1.54, 1.807) is 0 Å². The molecule has 0 aliphatic rings. The number of pyridine rings is 1. The average Bonchev–Trinajstić information content (AvgIpc) is 1.59. The van der Waals surface area contributed by atoms with Crippen LogP contribution in [-0.2, 0) is 0 Å². The Balaban J connectivity index is 0.000000110. The summed E-state index contributed by atoms with van der Waals surface area (Å²) in [6.45, 7) is 0. The predicted molar refractivity (Wildman–Crippen MR) is 516 cm³/mol. The van der Waals surface area contributed by atoms with Gasteiger partial charge in [0.1, 0.15) is 50.5 Å². The van der Waals surface area contributed by atoms with Crippen molar-refractivity contribution in [2.24, 2.45) is 0 Å². The molecule has 18 aromatic carbocycles. The Morgan fingerprint density at radius 3 is 0.944 bits per heavy atom. The Hall–Kier alpha value is -17.1. The van der Waals surface area contributed by atoms with Crippen molar-refractivity contribution in [1.29, 1.82) is 0 Å². The van der Waals surface area contributed by atoms with Gasteiger partial charge in [0, 0.05) is 83.3 Å². The van der Waals surface area contributed by atoms with Gasteiger partial charge in [0.25, 0.3) is 0 Å². The van der Waals surface area contributed by atoms with Crippen LogP contribution in [0.25, 0.3) is 234 Å². The summed E-state index contributed by atoms with van der Waals surface area (Å²) < 4.78 is 30.4. The highest BCUT2D eigenvalue weighted by atomic mass is 16.4. The molecule has 0 aliphatic carbocycles. The lowest BCUT2D eigenvalue weighted by atomic mass is 9.93. The number of hydrogen-bond donors (Lipinski definition) is 0. The number of benzene rings is 18. The van der Waals surface area contributed by atoms with Crippen LogP contribution in [0.4, 0.5) is 0 Å². The van der Waals surface area contributed by atoms with Crippen LogP contribution in [0.2, 0.25) is 0 Å². The van der Waals surface area contributed by atoms with Crippen LogP contribution in [-0.4, -0.2) is 29.1 Å². The summed E-state index contributed by atoms with van der Waals surface area (Å²) in [5.74, 6) is 2.33. The van der Waals surface area contributed by atoms with Gasteiger partial charge in [0.15, 0.2) is 11.4 Å². The fourth-order valence-corrected chi connectivity index (χ4v) is 17.9. The molecule has 0 radical (unpaired) electrons. The Bertz CT molecular complexity index is 7940. The first-order chi connectivity index (χ1) is 62.5. The molecule has 0 N–H and O–H groups in total. The molecule has 7 aromatic heterocycles. The first-order valence-corrected chi connectivity index (χ1v) is 42.3. The maximum absolute atomic E-state index is 6.67. The molecule has 25 rings (SSSR count). The first-order valence-electron chi connectivity index (χ1n) is 42.3. The van der Waals surface area contributed by atoms with Crippen LogP contribution >= 0.6 is 0 Å². The summed E-state index contributed by atoms with van der Waals surface area (Å²) in [4.78, 5) is 19.8. The minimum Gasteiger partial charge on any atom is -0.455 e. The zero-order valence-corrected chi connectivity index (χ0v) is 68.0. The summed E-state index contributed by atoms with van der Waals surface area (Å²) in [5, 5.41) is 6.46. The van der Waals surface area contributed by atoms with Gasteiger partial charge in [-0.15, -0.1) is 0 Å². The average molecular weight is 1620 g/mol. The molecule has 7 heterocycles. The van der Waals surface area contributed by atoms with E-state index in [0.29, 0.717) is 5.89 Å². The van der Waals surface area contributed by atoms with Gasteiger partial charge in [-0.3, -0.25) is 14.1 Å². The van der Waals surface area contributed by atoms with E-state index in [1.807, 2.05) is 109 Å². The summed E-state index contributed by atoms with van der Waals surface area (Å²) in [6, 6.07) is 153. The largest absolute Gasteiger partial charge is 0.455 e. The van der Waals surface area contributed by atoms with Crippen molar-refractivity contribution in [2.75, 3.05) is 0 Å². The summed E-state index contributed by atoms with van der Waals surface area (Å²) in [5.41, 5.74) is 33.8. The topological polar surface area (TPSA) is 114 Å². The van der Waals surface area contributed by atoms with E-state index in [0.717, 1.165) is 211 Å². The molecule has 0 unspecified atom stereocenters. The van der Waals surface area contributed by atoms with Gasteiger partial charge in [0.05, 0.1) is 22.1 Å². The smallest absolute Gasteiger partial charge is 0.228 e. The Morgan fingerprint density at radius 2 is 0.524 bits per heavy atom. The monoisotopic (exact) mass is 1610 g/mol. The van der Waals surface area contributed by atoms with Gasteiger partial charge in [-0.1, -0.05) is 315 Å². The highest BCUT2D eigenvalue weighted by Crippen LogP contribution is 2.48. The second kappa shape index (κ2) is 31.8. The van der Waals surface area contributed by atoms with E-state index in [-0.39, 0.29) is 0 Å². The second-order valence-electron chi connectivity index (χ2n) is 31.4. The zero-order valence-electron chi connectivity index (χ0n) is 68.0. The van der Waals surface area contributed by atoms with Crippen molar-refractivity contribution in [3.05, 3.63) is 449 Å². The fourth-order valence-electron chi connectivity index (χ4n) is 17.9. The summed E-state index contributed by atoms with van der Waals surface area (Å²) >= 11 is 0. The third-order valence-electron chi connectivity index (χ3n) is 23.8. The molecule has 0 spiro atoms. The third-order valence-corrected chi connectivity index (χ3v) is 23.8. The van der Waals surface area contributed by atoms with Gasteiger partial charge in [-0.25, -0.2) is 15.0 Å². The quantitative estimate of drug-likeness (QED) is 0.112. The van der Waals surface area contributed by atoms with Crippen molar-refractivity contribution in [1.82, 2.24) is 29.1 Å². The van der Waals surface area contributed by atoms with Crippen molar-refractivity contribution in [3.8, 4) is 135 Å². The fraction of sp³-hybridized carbons (Fsp3) is 0. The third kappa shape index (κ3) is 13.5. The molecular formula is C116H74N6O4. The standard InChI is InChI=1S/C43H28N2O.C42H27N3O.C31H19NO2/c1-4-13-29(14-5-1)33-27-36(30-15-6-2-7-16-30)42-37(28-33)41-35(19-12-22-40(41)46-42)31-23-25-32(26-24-31)43-44-38-20-10-11-21-39(38)45(43)34-17-8-3-9-18-34;1-4-13-28(14-5-1)31-25-34(29-15-6-2-7-16-29)41-35(26-31)40-33(19-12-22-39(40)46-41)30-23-24-37(43-27-30)42-44-36-20-10-11-21-38(36)45(42)32-17-8-3-9-18-32;1-3-10-20(11-4-1)22-18-24(21-12-5-2-6-13-21)30-25(19-22)29-23(14-9-17-28(29)33-30)31-32-26-15-7-8-16-27(26)34-31/h1-28H;1-27H;1-19H. The summed E-state index contributed by atoms with van der Waals surface area (Å²) in [7, 11) is 0. The minimum atomic E-state index is 0.598. The second-order valence-corrected chi connectivity index (χ2v) is 31.4. The lowest BCUT2D eigenvalue weighted by molar-refractivity contribution is 0.620. The maximum Gasteiger partial charge on any atom is 0.228 e.